The average Bonchev–Trinajstić information content (AvgIpc) is 3.00. The van der Waals surface area contributed by atoms with Crippen LogP contribution in [0.2, 0.25) is 0 Å². The van der Waals surface area contributed by atoms with E-state index in [9.17, 15) is 14.3 Å². The molecule has 1 heterocycles. The van der Waals surface area contributed by atoms with Crippen molar-refractivity contribution in [3.8, 4) is 0 Å². The minimum absolute atomic E-state index is 0.0977. The number of hydrogen-bond acceptors (Lipinski definition) is 3. The van der Waals surface area contributed by atoms with Crippen LogP contribution < -0.4 is 5.32 Å². The summed E-state index contributed by atoms with van der Waals surface area (Å²) in [7, 11) is -1.60. The van der Waals surface area contributed by atoms with Gasteiger partial charge in [0.25, 0.3) is 0 Å². The standard InChI is InChI=1S/C16H27N2O3P/c1-5-13-11-16(13,22(20,21)10-8-12(2)3)17-15(19)14-7-6-9-18(14)4/h5,8,13-14H,1,6-7,9-11H2,2-4H3,(H,17,19)(H,20,21)/t13?,14?,16-/m0/s1. The lowest BCUT2D eigenvalue weighted by Crippen LogP contribution is -2.47. The predicted octanol–water partition coefficient (Wildman–Crippen LogP) is 2.34. The molecule has 0 aromatic heterocycles. The Morgan fingerprint density at radius 3 is 2.68 bits per heavy atom. The first kappa shape index (κ1) is 17.5. The van der Waals surface area contributed by atoms with Crippen LogP contribution in [0.5, 0.6) is 0 Å². The van der Waals surface area contributed by atoms with Crippen LogP contribution in [0.15, 0.2) is 24.3 Å². The third-order valence-corrected chi connectivity index (χ3v) is 7.35. The Balaban J connectivity index is 2.15. The van der Waals surface area contributed by atoms with Gasteiger partial charge in [-0.05, 0) is 46.7 Å². The zero-order chi connectivity index (χ0) is 16.5. The van der Waals surface area contributed by atoms with Crippen LogP contribution >= 0.6 is 7.37 Å². The second-order valence-corrected chi connectivity index (χ2v) is 9.33. The number of amides is 1. The van der Waals surface area contributed by atoms with Crippen molar-refractivity contribution < 1.29 is 14.3 Å². The lowest BCUT2D eigenvalue weighted by molar-refractivity contribution is -0.125. The van der Waals surface area contributed by atoms with E-state index in [1.165, 1.54) is 0 Å². The van der Waals surface area contributed by atoms with E-state index in [2.05, 4.69) is 11.9 Å². The number of carbonyl (C=O) groups excluding carboxylic acids is 1. The van der Waals surface area contributed by atoms with E-state index >= 15 is 0 Å². The van der Waals surface area contributed by atoms with Gasteiger partial charge in [0.2, 0.25) is 13.3 Å². The molecule has 1 saturated carbocycles. The van der Waals surface area contributed by atoms with E-state index in [-0.39, 0.29) is 24.0 Å². The van der Waals surface area contributed by atoms with Crippen molar-refractivity contribution in [1.29, 1.82) is 0 Å². The quantitative estimate of drug-likeness (QED) is 0.581. The monoisotopic (exact) mass is 326 g/mol. The zero-order valence-electron chi connectivity index (χ0n) is 13.7. The average molecular weight is 326 g/mol. The second kappa shape index (κ2) is 6.31. The van der Waals surface area contributed by atoms with Gasteiger partial charge in [0.15, 0.2) is 0 Å². The fourth-order valence-corrected chi connectivity index (χ4v) is 5.52. The third kappa shape index (κ3) is 3.22. The van der Waals surface area contributed by atoms with Crippen LogP contribution in [-0.4, -0.2) is 46.8 Å². The Kier molecular flexibility index (Phi) is 5.00. The molecule has 0 spiro atoms. The predicted molar refractivity (Wildman–Crippen MR) is 89.0 cm³/mol. The molecule has 0 bridgehead atoms. The number of allylic oxidation sites excluding steroid dienone is 2. The normalized spacial score (nSPS) is 33.8. The maximum atomic E-state index is 12.8. The number of carbonyl (C=O) groups is 1. The number of likely N-dealkylation sites (N-methyl/N-ethyl adjacent to an activating group) is 1. The summed E-state index contributed by atoms with van der Waals surface area (Å²) in [5.74, 6) is -0.250. The van der Waals surface area contributed by atoms with E-state index in [0.29, 0.717) is 6.42 Å². The summed E-state index contributed by atoms with van der Waals surface area (Å²) >= 11 is 0. The highest BCUT2D eigenvalue weighted by Crippen LogP contribution is 2.69. The first-order valence-corrected chi connectivity index (χ1v) is 9.68. The van der Waals surface area contributed by atoms with E-state index < -0.39 is 12.6 Å². The Bertz CT molecular complexity index is 542. The van der Waals surface area contributed by atoms with E-state index in [1.54, 1.807) is 12.2 Å². The molecular weight excluding hydrogens is 299 g/mol. The van der Waals surface area contributed by atoms with Gasteiger partial charge < -0.3 is 10.2 Å². The highest BCUT2D eigenvalue weighted by Gasteiger charge is 2.65. The van der Waals surface area contributed by atoms with Gasteiger partial charge >= 0.3 is 0 Å². The van der Waals surface area contributed by atoms with Crippen LogP contribution in [0.25, 0.3) is 0 Å². The molecule has 2 rings (SSSR count). The molecule has 0 aromatic rings. The molecule has 1 aliphatic heterocycles. The molecule has 1 aliphatic carbocycles. The second-order valence-electron chi connectivity index (χ2n) is 6.76. The van der Waals surface area contributed by atoms with Gasteiger partial charge in [-0.2, -0.15) is 0 Å². The molecule has 2 aliphatic rings. The van der Waals surface area contributed by atoms with E-state index in [4.69, 9.17) is 0 Å². The Morgan fingerprint density at radius 1 is 1.55 bits per heavy atom. The Hall–Kier alpha value is -0.900. The van der Waals surface area contributed by atoms with Gasteiger partial charge in [0, 0.05) is 12.1 Å². The summed E-state index contributed by atoms with van der Waals surface area (Å²) in [6.45, 7) is 8.43. The van der Waals surface area contributed by atoms with Crippen LogP contribution in [0.1, 0.15) is 33.1 Å². The molecule has 2 N–H and O–H groups in total. The summed E-state index contributed by atoms with van der Waals surface area (Å²) in [5.41, 5.74) is 1.00. The van der Waals surface area contributed by atoms with Crippen molar-refractivity contribution in [3.05, 3.63) is 24.3 Å². The molecule has 6 heteroatoms. The number of hydrogen-bond donors (Lipinski definition) is 2. The third-order valence-electron chi connectivity index (χ3n) is 4.80. The molecule has 2 fully saturated rings. The van der Waals surface area contributed by atoms with Crippen molar-refractivity contribution in [3.63, 3.8) is 0 Å². The first-order valence-electron chi connectivity index (χ1n) is 7.83. The van der Waals surface area contributed by atoms with Crippen molar-refractivity contribution in [1.82, 2.24) is 10.2 Å². The van der Waals surface area contributed by atoms with Crippen LogP contribution in [0.3, 0.4) is 0 Å². The summed E-state index contributed by atoms with van der Waals surface area (Å²) in [6, 6.07) is -0.189. The van der Waals surface area contributed by atoms with Gasteiger partial charge in [0.05, 0.1) is 6.04 Å². The van der Waals surface area contributed by atoms with Crippen molar-refractivity contribution in [2.75, 3.05) is 19.8 Å². The molecule has 0 aromatic carbocycles. The summed E-state index contributed by atoms with van der Waals surface area (Å²) in [4.78, 5) is 25.1. The number of likely N-dealkylation sites (tertiary alicyclic amines) is 1. The fourth-order valence-electron chi connectivity index (χ4n) is 3.19. The molecule has 124 valence electrons. The first-order chi connectivity index (χ1) is 10.2. The van der Waals surface area contributed by atoms with Crippen LogP contribution in [0, 0.1) is 5.92 Å². The molecular formula is C16H27N2O3P. The van der Waals surface area contributed by atoms with Gasteiger partial charge in [-0.15, -0.1) is 6.58 Å². The summed E-state index contributed by atoms with van der Waals surface area (Å²) in [5, 5.41) is 1.90. The molecule has 1 saturated heterocycles. The van der Waals surface area contributed by atoms with Gasteiger partial charge in [-0.3, -0.25) is 14.3 Å². The van der Waals surface area contributed by atoms with E-state index in [0.717, 1.165) is 25.0 Å². The highest BCUT2D eigenvalue weighted by molar-refractivity contribution is 7.60. The number of nitrogens with one attached hydrogen (secondary N) is 1. The Labute approximate surface area is 132 Å². The summed E-state index contributed by atoms with van der Waals surface area (Å²) < 4.78 is 12.8. The molecule has 1 amide bonds. The van der Waals surface area contributed by atoms with Gasteiger partial charge in [-0.1, -0.05) is 17.7 Å². The number of nitrogens with zero attached hydrogens (tertiary/aromatic N) is 1. The van der Waals surface area contributed by atoms with Gasteiger partial charge in [-0.25, -0.2) is 0 Å². The molecule has 22 heavy (non-hydrogen) atoms. The van der Waals surface area contributed by atoms with Crippen molar-refractivity contribution in [2.45, 2.75) is 44.4 Å². The topological polar surface area (TPSA) is 69.6 Å². The fraction of sp³-hybridized carbons (Fsp3) is 0.688. The molecule has 4 atom stereocenters. The minimum atomic E-state index is -3.52. The molecule has 0 radical (unpaired) electrons. The maximum absolute atomic E-state index is 12.8. The zero-order valence-corrected chi connectivity index (χ0v) is 14.6. The van der Waals surface area contributed by atoms with E-state index in [1.807, 2.05) is 25.8 Å². The van der Waals surface area contributed by atoms with Crippen molar-refractivity contribution >= 4 is 13.3 Å². The van der Waals surface area contributed by atoms with Crippen LogP contribution in [-0.2, 0) is 9.36 Å². The molecule has 3 unspecified atom stereocenters. The SMILES string of the molecule is C=CC1C[C@]1(NC(=O)C1CCCN1C)P(=O)(O)CC=C(C)C. The van der Waals surface area contributed by atoms with Crippen LogP contribution in [0.4, 0.5) is 0 Å². The Morgan fingerprint density at radius 2 is 2.23 bits per heavy atom. The van der Waals surface area contributed by atoms with Gasteiger partial charge in [0.1, 0.15) is 5.28 Å². The molecule has 5 nitrogen and oxygen atoms in total. The lowest BCUT2D eigenvalue weighted by Gasteiger charge is -2.27. The highest BCUT2D eigenvalue weighted by atomic mass is 31.2. The number of rotatable bonds is 6. The maximum Gasteiger partial charge on any atom is 0.238 e. The van der Waals surface area contributed by atoms with Crippen molar-refractivity contribution in [2.24, 2.45) is 5.92 Å². The lowest BCUT2D eigenvalue weighted by atomic mass is 10.2. The minimum Gasteiger partial charge on any atom is -0.342 e. The summed E-state index contributed by atoms with van der Waals surface area (Å²) in [6.07, 6.45) is 5.85. The smallest absolute Gasteiger partial charge is 0.238 e. The largest absolute Gasteiger partial charge is 0.342 e.